The second-order valence-corrected chi connectivity index (χ2v) is 6.15. The highest BCUT2D eigenvalue weighted by molar-refractivity contribution is 5.91. The molecule has 6 nitrogen and oxygen atoms in total. The Morgan fingerprint density at radius 1 is 1.16 bits per heavy atom. The molecular formula is C19H21N5O. The monoisotopic (exact) mass is 335 g/mol. The van der Waals surface area contributed by atoms with Crippen molar-refractivity contribution in [3.63, 3.8) is 0 Å². The average Bonchev–Trinajstić information content (AvgIpc) is 3.12. The number of aromatic amines is 1. The summed E-state index contributed by atoms with van der Waals surface area (Å²) in [6, 6.07) is 13.7. The summed E-state index contributed by atoms with van der Waals surface area (Å²) in [6.45, 7) is 5.61. The van der Waals surface area contributed by atoms with Crippen molar-refractivity contribution >= 4 is 23.1 Å². The Morgan fingerprint density at radius 3 is 2.68 bits per heavy atom. The molecule has 0 spiro atoms. The number of carbonyl (C=O) groups excluding carboxylic acids is 1. The van der Waals surface area contributed by atoms with Gasteiger partial charge in [0, 0.05) is 23.4 Å². The van der Waals surface area contributed by atoms with Crippen LogP contribution in [0.5, 0.6) is 0 Å². The second kappa shape index (κ2) is 7.17. The molecule has 0 unspecified atom stereocenters. The van der Waals surface area contributed by atoms with Crippen molar-refractivity contribution in [1.82, 2.24) is 15.2 Å². The molecule has 2 heterocycles. The molecule has 0 fully saturated rings. The topological polar surface area (TPSA) is 82.7 Å². The number of anilines is 3. The van der Waals surface area contributed by atoms with E-state index in [1.807, 2.05) is 57.2 Å². The van der Waals surface area contributed by atoms with E-state index in [0.29, 0.717) is 5.82 Å². The number of aromatic nitrogens is 3. The van der Waals surface area contributed by atoms with E-state index >= 15 is 0 Å². The van der Waals surface area contributed by atoms with Gasteiger partial charge in [-0.2, -0.15) is 5.10 Å². The van der Waals surface area contributed by atoms with Gasteiger partial charge in [-0.25, -0.2) is 4.98 Å². The first kappa shape index (κ1) is 16.7. The summed E-state index contributed by atoms with van der Waals surface area (Å²) in [6.07, 6.45) is 1.73. The number of rotatable bonds is 5. The molecule has 3 N–H and O–H groups in total. The number of amides is 1. The van der Waals surface area contributed by atoms with Crippen LogP contribution in [0.15, 0.2) is 48.7 Å². The van der Waals surface area contributed by atoms with Gasteiger partial charge >= 0.3 is 0 Å². The number of hydrogen-bond acceptors (Lipinski definition) is 4. The van der Waals surface area contributed by atoms with Crippen molar-refractivity contribution in [2.45, 2.75) is 20.8 Å². The van der Waals surface area contributed by atoms with Gasteiger partial charge in [0.1, 0.15) is 5.82 Å². The zero-order valence-corrected chi connectivity index (χ0v) is 14.5. The molecule has 0 aliphatic heterocycles. The van der Waals surface area contributed by atoms with Gasteiger partial charge in [-0.1, -0.05) is 26.0 Å². The van der Waals surface area contributed by atoms with Gasteiger partial charge in [0.05, 0.1) is 17.1 Å². The molecule has 0 radical (unpaired) electrons. The number of aryl methyl sites for hydroxylation is 1. The highest BCUT2D eigenvalue weighted by atomic mass is 16.1. The molecule has 0 saturated carbocycles. The molecule has 3 aromatic rings. The maximum absolute atomic E-state index is 11.8. The second-order valence-electron chi connectivity index (χ2n) is 6.15. The van der Waals surface area contributed by atoms with Gasteiger partial charge in [-0.15, -0.1) is 0 Å². The Kier molecular flexibility index (Phi) is 4.79. The van der Waals surface area contributed by atoms with E-state index in [4.69, 9.17) is 0 Å². The largest absolute Gasteiger partial charge is 0.354 e. The first-order valence-corrected chi connectivity index (χ1v) is 8.18. The summed E-state index contributed by atoms with van der Waals surface area (Å²) in [5.74, 6) is 0.443. The van der Waals surface area contributed by atoms with E-state index in [1.165, 1.54) is 0 Å². The Balaban J connectivity index is 1.77. The first-order chi connectivity index (χ1) is 12.0. The van der Waals surface area contributed by atoms with E-state index in [9.17, 15) is 4.79 Å². The number of H-pyrrole nitrogens is 1. The lowest BCUT2D eigenvalue weighted by Gasteiger charge is -2.12. The minimum Gasteiger partial charge on any atom is -0.354 e. The van der Waals surface area contributed by atoms with Crippen LogP contribution in [0.2, 0.25) is 0 Å². The number of pyridine rings is 1. The first-order valence-electron chi connectivity index (χ1n) is 8.18. The third-order valence-electron chi connectivity index (χ3n) is 3.81. The molecule has 0 atom stereocenters. The number of nitrogens with one attached hydrogen (secondary N) is 3. The molecule has 0 aliphatic rings. The maximum atomic E-state index is 11.8. The van der Waals surface area contributed by atoms with Gasteiger partial charge in [-0.3, -0.25) is 9.89 Å². The van der Waals surface area contributed by atoms with E-state index in [1.54, 1.807) is 12.3 Å². The third kappa shape index (κ3) is 4.03. The lowest BCUT2D eigenvalue weighted by atomic mass is 10.1. The zero-order chi connectivity index (χ0) is 17.8. The molecule has 6 heteroatoms. The van der Waals surface area contributed by atoms with Gasteiger partial charge < -0.3 is 10.6 Å². The minimum absolute atomic E-state index is 0.0418. The molecule has 0 aliphatic carbocycles. The zero-order valence-electron chi connectivity index (χ0n) is 14.5. The molecule has 1 amide bonds. The summed E-state index contributed by atoms with van der Waals surface area (Å²) in [5, 5.41) is 13.1. The predicted molar refractivity (Wildman–Crippen MR) is 99.7 cm³/mol. The van der Waals surface area contributed by atoms with E-state index in [2.05, 4.69) is 25.8 Å². The number of hydrogen-bond donors (Lipinski definition) is 3. The highest BCUT2D eigenvalue weighted by Gasteiger charge is 2.09. The minimum atomic E-state index is -0.0786. The van der Waals surface area contributed by atoms with E-state index in [-0.39, 0.29) is 11.8 Å². The summed E-state index contributed by atoms with van der Waals surface area (Å²) in [4.78, 5) is 16.2. The van der Waals surface area contributed by atoms with Gasteiger partial charge in [-0.05, 0) is 37.3 Å². The van der Waals surface area contributed by atoms with Crippen molar-refractivity contribution in [1.29, 1.82) is 0 Å². The van der Waals surface area contributed by atoms with Crippen LogP contribution in [0.3, 0.4) is 0 Å². The summed E-state index contributed by atoms with van der Waals surface area (Å²) in [5.41, 5.74) is 4.67. The molecule has 1 aromatic carbocycles. The Hall–Kier alpha value is -3.15. The Labute approximate surface area is 146 Å². The number of nitrogens with zero attached hydrogens (tertiary/aromatic N) is 2. The fourth-order valence-electron chi connectivity index (χ4n) is 2.37. The average molecular weight is 335 g/mol. The van der Waals surface area contributed by atoms with Crippen LogP contribution in [-0.4, -0.2) is 21.1 Å². The van der Waals surface area contributed by atoms with Crippen LogP contribution in [0, 0.1) is 12.8 Å². The summed E-state index contributed by atoms with van der Waals surface area (Å²) in [7, 11) is 0. The summed E-state index contributed by atoms with van der Waals surface area (Å²) < 4.78 is 0. The molecular weight excluding hydrogens is 314 g/mol. The van der Waals surface area contributed by atoms with Crippen LogP contribution < -0.4 is 10.6 Å². The standard InChI is InChI=1S/C19H21N5O/c1-12(2)19(25)23-18-8-7-16(13(3)21-18)22-15-6-4-5-14(11-15)17-9-10-20-24-17/h4-12,22H,1-3H3,(H,20,24)(H,21,23,25). The molecule has 0 saturated heterocycles. The van der Waals surface area contributed by atoms with E-state index in [0.717, 1.165) is 28.3 Å². The van der Waals surface area contributed by atoms with Gasteiger partial charge in [0.15, 0.2) is 0 Å². The fourth-order valence-corrected chi connectivity index (χ4v) is 2.37. The lowest BCUT2D eigenvalue weighted by molar-refractivity contribution is -0.118. The van der Waals surface area contributed by atoms with Crippen LogP contribution in [0.25, 0.3) is 11.3 Å². The third-order valence-corrected chi connectivity index (χ3v) is 3.81. The maximum Gasteiger partial charge on any atom is 0.228 e. The van der Waals surface area contributed by atoms with Gasteiger partial charge in [0.25, 0.3) is 0 Å². The van der Waals surface area contributed by atoms with E-state index < -0.39 is 0 Å². The molecule has 25 heavy (non-hydrogen) atoms. The lowest BCUT2D eigenvalue weighted by Crippen LogP contribution is -2.18. The molecule has 3 rings (SSSR count). The van der Waals surface area contributed by atoms with Crippen molar-refractivity contribution in [3.8, 4) is 11.3 Å². The van der Waals surface area contributed by atoms with Crippen molar-refractivity contribution < 1.29 is 4.79 Å². The van der Waals surface area contributed by atoms with Gasteiger partial charge in [0.2, 0.25) is 5.91 Å². The van der Waals surface area contributed by atoms with Crippen molar-refractivity contribution in [2.75, 3.05) is 10.6 Å². The highest BCUT2D eigenvalue weighted by Crippen LogP contribution is 2.25. The number of carbonyl (C=O) groups is 1. The van der Waals surface area contributed by atoms with Crippen LogP contribution >= 0.6 is 0 Å². The smallest absolute Gasteiger partial charge is 0.228 e. The van der Waals surface area contributed by atoms with Crippen molar-refractivity contribution in [3.05, 3.63) is 54.4 Å². The molecule has 0 bridgehead atoms. The molecule has 128 valence electrons. The molecule has 2 aromatic heterocycles. The van der Waals surface area contributed by atoms with Crippen LogP contribution in [0.1, 0.15) is 19.5 Å². The van der Waals surface area contributed by atoms with Crippen molar-refractivity contribution in [2.24, 2.45) is 5.92 Å². The van der Waals surface area contributed by atoms with Crippen LogP contribution in [0.4, 0.5) is 17.2 Å². The Morgan fingerprint density at radius 2 is 2.00 bits per heavy atom. The summed E-state index contributed by atoms with van der Waals surface area (Å²) >= 11 is 0. The quantitative estimate of drug-likeness (QED) is 0.655. The predicted octanol–water partition coefficient (Wildman–Crippen LogP) is 4.12. The van der Waals surface area contributed by atoms with Crippen LogP contribution in [-0.2, 0) is 4.79 Å². The SMILES string of the molecule is Cc1nc(NC(=O)C(C)C)ccc1Nc1cccc(-c2ccn[nH]2)c1. The normalized spacial score (nSPS) is 10.7. The Bertz CT molecular complexity index is 871. The number of benzene rings is 1. The fraction of sp³-hybridized carbons (Fsp3) is 0.211.